The quantitative estimate of drug-likeness (QED) is 0.755. The van der Waals surface area contributed by atoms with Crippen LogP contribution in [0.3, 0.4) is 0 Å². The number of carbonyl (C=O) groups excluding carboxylic acids is 1. The van der Waals surface area contributed by atoms with Crippen LogP contribution in [0.4, 0.5) is 0 Å². The van der Waals surface area contributed by atoms with Crippen molar-refractivity contribution in [1.29, 1.82) is 0 Å². The van der Waals surface area contributed by atoms with Crippen LogP contribution in [-0.2, 0) is 0 Å². The zero-order valence-corrected chi connectivity index (χ0v) is 12.8. The van der Waals surface area contributed by atoms with Crippen molar-refractivity contribution in [2.24, 2.45) is 11.3 Å². The second-order valence-corrected chi connectivity index (χ2v) is 6.98. The Kier molecular flexibility index (Phi) is 3.37. The van der Waals surface area contributed by atoms with Gasteiger partial charge in [0.1, 0.15) is 0 Å². The van der Waals surface area contributed by atoms with Crippen molar-refractivity contribution in [3.05, 3.63) is 35.0 Å². The molecule has 2 aromatic rings. The molecule has 1 atom stereocenters. The molecule has 1 N–H and O–H groups in total. The van der Waals surface area contributed by atoms with Crippen LogP contribution in [0.1, 0.15) is 49.9 Å². The third kappa shape index (κ3) is 2.26. The lowest BCUT2D eigenvalue weighted by Gasteiger charge is -2.37. The number of aromatic nitrogens is 1. The Hall–Kier alpha value is -1.28. The Morgan fingerprint density at radius 1 is 1.35 bits per heavy atom. The van der Waals surface area contributed by atoms with Crippen LogP contribution in [0.15, 0.2) is 24.4 Å². The molecule has 3 heteroatoms. The Labute approximate surface area is 124 Å². The third-order valence-corrected chi connectivity index (χ3v) is 4.97. The van der Waals surface area contributed by atoms with Crippen LogP contribution in [-0.4, -0.2) is 10.8 Å². The highest BCUT2D eigenvalue weighted by Crippen LogP contribution is 2.42. The van der Waals surface area contributed by atoms with Crippen molar-refractivity contribution < 1.29 is 4.79 Å². The highest BCUT2D eigenvalue weighted by Gasteiger charge is 2.38. The summed E-state index contributed by atoms with van der Waals surface area (Å²) in [6, 6.07) is 5.66. The maximum Gasteiger partial charge on any atom is 0.168 e. The maximum atomic E-state index is 12.9. The molecule has 1 heterocycles. The fraction of sp³-hybridized carbons (Fsp3) is 0.471. The summed E-state index contributed by atoms with van der Waals surface area (Å²) in [5.41, 5.74) is 1.86. The van der Waals surface area contributed by atoms with Gasteiger partial charge in [0.25, 0.3) is 0 Å². The van der Waals surface area contributed by atoms with Crippen LogP contribution in [0.25, 0.3) is 10.9 Å². The SMILES string of the molecule is CC1(C)CCCCC1C(=O)c1c[nH]c2cc(Cl)ccc12. The summed E-state index contributed by atoms with van der Waals surface area (Å²) in [6.45, 7) is 4.45. The minimum Gasteiger partial charge on any atom is -0.360 e. The molecule has 1 aromatic carbocycles. The molecule has 0 radical (unpaired) electrons. The molecule has 1 fully saturated rings. The van der Waals surface area contributed by atoms with Crippen LogP contribution < -0.4 is 0 Å². The molecule has 0 bridgehead atoms. The summed E-state index contributed by atoms with van der Waals surface area (Å²) in [4.78, 5) is 16.1. The zero-order valence-electron chi connectivity index (χ0n) is 12.0. The fourth-order valence-corrected chi connectivity index (χ4v) is 3.64. The number of hydrogen-bond donors (Lipinski definition) is 1. The number of nitrogens with one attached hydrogen (secondary N) is 1. The van der Waals surface area contributed by atoms with Crippen molar-refractivity contribution >= 4 is 28.3 Å². The maximum absolute atomic E-state index is 12.9. The minimum atomic E-state index is 0.103. The standard InChI is InChI=1S/C17H20ClNO/c1-17(2)8-4-3-5-14(17)16(20)13-10-19-15-9-11(18)6-7-12(13)15/h6-7,9-10,14,19H,3-5,8H2,1-2H3. The van der Waals surface area contributed by atoms with Crippen molar-refractivity contribution in [1.82, 2.24) is 4.98 Å². The smallest absolute Gasteiger partial charge is 0.168 e. The molecule has 0 saturated heterocycles. The number of halogens is 1. The van der Waals surface area contributed by atoms with Crippen LogP contribution in [0, 0.1) is 11.3 Å². The Morgan fingerprint density at radius 3 is 2.90 bits per heavy atom. The van der Waals surface area contributed by atoms with Gasteiger partial charge in [-0.2, -0.15) is 0 Å². The second kappa shape index (κ2) is 4.92. The molecule has 0 amide bonds. The number of H-pyrrole nitrogens is 1. The molecular weight excluding hydrogens is 270 g/mol. The first kappa shape index (κ1) is 13.7. The van der Waals surface area contributed by atoms with E-state index in [0.29, 0.717) is 5.02 Å². The van der Waals surface area contributed by atoms with Gasteiger partial charge in [0.05, 0.1) is 0 Å². The van der Waals surface area contributed by atoms with E-state index in [2.05, 4.69) is 18.8 Å². The van der Waals surface area contributed by atoms with Crippen LogP contribution in [0.5, 0.6) is 0 Å². The summed E-state index contributed by atoms with van der Waals surface area (Å²) in [5.74, 6) is 0.411. The molecule has 1 saturated carbocycles. The van der Waals surface area contributed by atoms with Crippen molar-refractivity contribution in [2.45, 2.75) is 39.5 Å². The number of Topliss-reactive ketones (excluding diaryl/α,β-unsaturated/α-hetero) is 1. The first-order valence-electron chi connectivity index (χ1n) is 7.30. The summed E-state index contributed by atoms with van der Waals surface area (Å²) in [5, 5.41) is 1.68. The van der Waals surface area contributed by atoms with E-state index in [-0.39, 0.29) is 17.1 Å². The number of aromatic amines is 1. The number of fused-ring (bicyclic) bond motifs is 1. The van der Waals surface area contributed by atoms with Gasteiger partial charge >= 0.3 is 0 Å². The number of ketones is 1. The predicted octanol–water partition coefficient (Wildman–Crippen LogP) is 5.22. The van der Waals surface area contributed by atoms with E-state index in [9.17, 15) is 4.79 Å². The molecule has 1 aliphatic carbocycles. The number of hydrogen-bond acceptors (Lipinski definition) is 1. The molecule has 2 nitrogen and oxygen atoms in total. The van der Waals surface area contributed by atoms with Gasteiger partial charge in [-0.05, 0) is 30.4 Å². The Bertz CT molecular complexity index is 656. The highest BCUT2D eigenvalue weighted by molar-refractivity contribution is 6.31. The average Bonchev–Trinajstić information content (AvgIpc) is 2.80. The van der Waals surface area contributed by atoms with E-state index in [4.69, 9.17) is 11.6 Å². The first-order valence-corrected chi connectivity index (χ1v) is 7.68. The number of rotatable bonds is 2. The van der Waals surface area contributed by atoms with Gasteiger partial charge in [0.15, 0.2) is 5.78 Å². The van der Waals surface area contributed by atoms with Gasteiger partial charge < -0.3 is 4.98 Å². The molecule has 0 aliphatic heterocycles. The molecule has 106 valence electrons. The average molecular weight is 290 g/mol. The summed E-state index contributed by atoms with van der Waals surface area (Å²) < 4.78 is 0. The van der Waals surface area contributed by atoms with Gasteiger partial charge in [0.2, 0.25) is 0 Å². The molecule has 1 unspecified atom stereocenters. The second-order valence-electron chi connectivity index (χ2n) is 6.54. The van der Waals surface area contributed by atoms with Crippen molar-refractivity contribution in [2.75, 3.05) is 0 Å². The summed E-state index contributed by atoms with van der Waals surface area (Å²) in [6.07, 6.45) is 6.38. The molecule has 1 aliphatic rings. The fourth-order valence-electron chi connectivity index (χ4n) is 3.47. The summed E-state index contributed by atoms with van der Waals surface area (Å²) >= 11 is 6.00. The lowest BCUT2D eigenvalue weighted by atomic mass is 9.66. The lowest BCUT2D eigenvalue weighted by molar-refractivity contribution is 0.0699. The largest absolute Gasteiger partial charge is 0.360 e. The van der Waals surface area contributed by atoms with E-state index >= 15 is 0 Å². The first-order chi connectivity index (χ1) is 9.49. The third-order valence-electron chi connectivity index (χ3n) is 4.73. The Balaban J connectivity index is 2.00. The van der Waals surface area contributed by atoms with Gasteiger partial charge in [-0.1, -0.05) is 44.4 Å². The molecule has 1 aromatic heterocycles. The van der Waals surface area contributed by atoms with Gasteiger partial charge in [-0.25, -0.2) is 0 Å². The topological polar surface area (TPSA) is 32.9 Å². The molecule has 0 spiro atoms. The van der Waals surface area contributed by atoms with E-state index in [0.717, 1.165) is 35.7 Å². The lowest BCUT2D eigenvalue weighted by Crippen LogP contribution is -2.34. The zero-order chi connectivity index (χ0) is 14.3. The molecular formula is C17H20ClNO. The highest BCUT2D eigenvalue weighted by atomic mass is 35.5. The monoisotopic (exact) mass is 289 g/mol. The van der Waals surface area contributed by atoms with E-state index in [1.807, 2.05) is 24.4 Å². The van der Waals surface area contributed by atoms with Crippen molar-refractivity contribution in [3.8, 4) is 0 Å². The van der Waals surface area contributed by atoms with E-state index in [1.54, 1.807) is 0 Å². The predicted molar refractivity (Wildman–Crippen MR) is 83.4 cm³/mol. The minimum absolute atomic E-state index is 0.103. The van der Waals surface area contributed by atoms with Crippen LogP contribution >= 0.6 is 11.6 Å². The number of benzene rings is 1. The molecule has 3 rings (SSSR count). The van der Waals surface area contributed by atoms with Crippen LogP contribution in [0.2, 0.25) is 5.02 Å². The normalized spacial score (nSPS) is 22.1. The van der Waals surface area contributed by atoms with Gasteiger partial charge in [-0.15, -0.1) is 0 Å². The van der Waals surface area contributed by atoms with Gasteiger partial charge in [0, 0.05) is 33.6 Å². The molecule has 20 heavy (non-hydrogen) atoms. The Morgan fingerprint density at radius 2 is 2.15 bits per heavy atom. The van der Waals surface area contributed by atoms with Crippen molar-refractivity contribution in [3.63, 3.8) is 0 Å². The summed E-state index contributed by atoms with van der Waals surface area (Å²) in [7, 11) is 0. The van der Waals surface area contributed by atoms with E-state index < -0.39 is 0 Å². The van der Waals surface area contributed by atoms with E-state index in [1.165, 1.54) is 6.42 Å². The van der Waals surface area contributed by atoms with Gasteiger partial charge in [-0.3, -0.25) is 4.79 Å². The number of carbonyl (C=O) groups is 1.